The van der Waals surface area contributed by atoms with Crippen LogP contribution in [0.15, 0.2) is 89.8 Å². The first-order valence-corrected chi connectivity index (χ1v) is 11.3. The molecule has 3 atom stereocenters. The van der Waals surface area contributed by atoms with E-state index in [9.17, 15) is 13.2 Å². The minimum atomic E-state index is -3.77. The summed E-state index contributed by atoms with van der Waals surface area (Å²) in [6.45, 7) is 0. The maximum Gasteiger partial charge on any atom is 0.309 e. The lowest BCUT2D eigenvalue weighted by molar-refractivity contribution is -0.142. The van der Waals surface area contributed by atoms with Crippen LogP contribution in [0.4, 0.5) is 0 Å². The SMILES string of the molecule is COC(=O)[C@@H]1C[C@H]1[C@@H](NS(=O)(=O)c1ccc(-c2ccccc2)cc1)c1ccccc1. The number of methoxy groups -OCH3 is 1. The second-order valence-electron chi connectivity index (χ2n) is 7.43. The Bertz CT molecular complexity index is 1110. The molecule has 0 bridgehead atoms. The molecular formula is C24H23NO4S. The molecule has 0 spiro atoms. The lowest BCUT2D eigenvalue weighted by atomic mass is 10.0. The number of rotatable bonds is 7. The van der Waals surface area contributed by atoms with E-state index in [1.807, 2.05) is 60.7 Å². The van der Waals surface area contributed by atoms with E-state index < -0.39 is 16.1 Å². The number of benzene rings is 3. The summed E-state index contributed by atoms with van der Waals surface area (Å²) >= 11 is 0. The van der Waals surface area contributed by atoms with Gasteiger partial charge in [0.1, 0.15) is 0 Å². The highest BCUT2D eigenvalue weighted by Gasteiger charge is 2.50. The average Bonchev–Trinajstić information content (AvgIpc) is 3.59. The second kappa shape index (κ2) is 8.42. The summed E-state index contributed by atoms with van der Waals surface area (Å²) in [6, 6.07) is 25.5. The van der Waals surface area contributed by atoms with Gasteiger partial charge in [0.05, 0.1) is 24.0 Å². The summed E-state index contributed by atoms with van der Waals surface area (Å²) in [5, 5.41) is 0. The van der Waals surface area contributed by atoms with Crippen molar-refractivity contribution in [3.8, 4) is 11.1 Å². The number of carbonyl (C=O) groups excluding carboxylic acids is 1. The van der Waals surface area contributed by atoms with Crippen molar-refractivity contribution in [2.75, 3.05) is 7.11 Å². The highest BCUT2D eigenvalue weighted by molar-refractivity contribution is 7.89. The van der Waals surface area contributed by atoms with Gasteiger partial charge in [0.25, 0.3) is 0 Å². The van der Waals surface area contributed by atoms with E-state index in [2.05, 4.69) is 4.72 Å². The summed E-state index contributed by atoms with van der Waals surface area (Å²) in [4.78, 5) is 12.1. The molecule has 4 rings (SSSR count). The molecular weight excluding hydrogens is 398 g/mol. The Hall–Kier alpha value is -2.96. The molecule has 0 aromatic heterocycles. The van der Waals surface area contributed by atoms with Crippen molar-refractivity contribution in [1.29, 1.82) is 0 Å². The van der Waals surface area contributed by atoms with Crippen LogP contribution in [-0.2, 0) is 19.6 Å². The zero-order valence-corrected chi connectivity index (χ0v) is 17.4. The first-order valence-electron chi connectivity index (χ1n) is 9.80. The van der Waals surface area contributed by atoms with E-state index in [-0.39, 0.29) is 22.7 Å². The van der Waals surface area contributed by atoms with E-state index >= 15 is 0 Å². The topological polar surface area (TPSA) is 72.5 Å². The van der Waals surface area contributed by atoms with E-state index in [1.54, 1.807) is 24.3 Å². The summed E-state index contributed by atoms with van der Waals surface area (Å²) in [5.41, 5.74) is 2.80. The summed E-state index contributed by atoms with van der Waals surface area (Å²) in [7, 11) is -2.41. The standard InChI is InChI=1S/C24H23NO4S/c1-29-24(26)22-16-21(22)23(19-10-6-3-7-11-19)25-30(27,28)20-14-12-18(13-15-20)17-8-4-2-5-9-17/h2-15,21-23,25H,16H2,1H3/t21-,22-,23+/m1/s1. The molecule has 0 heterocycles. The third-order valence-electron chi connectivity index (χ3n) is 5.48. The van der Waals surface area contributed by atoms with Crippen molar-refractivity contribution in [3.63, 3.8) is 0 Å². The second-order valence-corrected chi connectivity index (χ2v) is 9.14. The van der Waals surface area contributed by atoms with Gasteiger partial charge in [-0.05, 0) is 41.2 Å². The molecule has 1 fully saturated rings. The van der Waals surface area contributed by atoms with Gasteiger partial charge in [0, 0.05) is 0 Å². The zero-order valence-electron chi connectivity index (χ0n) is 16.6. The first kappa shape index (κ1) is 20.3. The molecule has 0 amide bonds. The molecule has 0 aliphatic heterocycles. The van der Waals surface area contributed by atoms with Gasteiger partial charge >= 0.3 is 5.97 Å². The summed E-state index contributed by atoms with van der Waals surface area (Å²) < 4.78 is 33.9. The van der Waals surface area contributed by atoms with Crippen molar-refractivity contribution >= 4 is 16.0 Å². The van der Waals surface area contributed by atoms with Crippen molar-refractivity contribution in [3.05, 3.63) is 90.5 Å². The van der Waals surface area contributed by atoms with Gasteiger partial charge < -0.3 is 4.74 Å². The van der Waals surface area contributed by atoms with Crippen LogP contribution in [0.3, 0.4) is 0 Å². The number of ether oxygens (including phenoxy) is 1. The molecule has 3 aromatic rings. The Labute approximate surface area is 176 Å². The summed E-state index contributed by atoms with van der Waals surface area (Å²) in [6.07, 6.45) is 0.599. The van der Waals surface area contributed by atoms with E-state index in [4.69, 9.17) is 4.74 Å². The summed E-state index contributed by atoms with van der Waals surface area (Å²) in [5.74, 6) is -0.714. The fraction of sp³-hybridized carbons (Fsp3) is 0.208. The minimum absolute atomic E-state index is 0.127. The van der Waals surface area contributed by atoms with Crippen molar-refractivity contribution in [2.24, 2.45) is 11.8 Å². The Morgan fingerprint density at radius 3 is 2.07 bits per heavy atom. The quantitative estimate of drug-likeness (QED) is 0.581. The maximum absolute atomic E-state index is 13.1. The van der Waals surface area contributed by atoms with Gasteiger partial charge in [-0.15, -0.1) is 0 Å². The molecule has 6 heteroatoms. The molecule has 1 saturated carbocycles. The van der Waals surface area contributed by atoms with Crippen LogP contribution in [0.2, 0.25) is 0 Å². The number of carbonyl (C=O) groups is 1. The van der Waals surface area contributed by atoms with Crippen molar-refractivity contribution < 1.29 is 17.9 Å². The maximum atomic E-state index is 13.1. The molecule has 1 N–H and O–H groups in total. The highest BCUT2D eigenvalue weighted by Crippen LogP contribution is 2.48. The lowest BCUT2D eigenvalue weighted by Crippen LogP contribution is -2.31. The van der Waals surface area contributed by atoms with Crippen LogP contribution in [0.1, 0.15) is 18.0 Å². The Morgan fingerprint density at radius 2 is 1.47 bits per heavy atom. The van der Waals surface area contributed by atoms with E-state index in [0.717, 1.165) is 16.7 Å². The number of esters is 1. The molecule has 0 unspecified atom stereocenters. The molecule has 154 valence electrons. The monoisotopic (exact) mass is 421 g/mol. The van der Waals surface area contributed by atoms with Crippen LogP contribution in [-0.4, -0.2) is 21.5 Å². The van der Waals surface area contributed by atoms with Crippen LogP contribution in [0, 0.1) is 11.8 Å². The molecule has 0 saturated heterocycles. The largest absolute Gasteiger partial charge is 0.469 e. The van der Waals surface area contributed by atoms with Gasteiger partial charge in [0.15, 0.2) is 0 Å². The molecule has 3 aromatic carbocycles. The van der Waals surface area contributed by atoms with Gasteiger partial charge in [0.2, 0.25) is 10.0 Å². The van der Waals surface area contributed by atoms with Crippen molar-refractivity contribution in [1.82, 2.24) is 4.72 Å². The fourth-order valence-electron chi connectivity index (χ4n) is 3.76. The van der Waals surface area contributed by atoms with Crippen LogP contribution in [0.25, 0.3) is 11.1 Å². The Kier molecular flexibility index (Phi) is 5.70. The molecule has 5 nitrogen and oxygen atoms in total. The molecule has 1 aliphatic rings. The third-order valence-corrected chi connectivity index (χ3v) is 6.94. The zero-order chi connectivity index (χ0) is 21.1. The molecule has 1 aliphatic carbocycles. The molecule has 30 heavy (non-hydrogen) atoms. The van der Waals surface area contributed by atoms with Crippen LogP contribution < -0.4 is 4.72 Å². The normalized spacial score (nSPS) is 19.1. The predicted octanol–water partition coefficient (Wildman–Crippen LogP) is 4.18. The van der Waals surface area contributed by atoms with Gasteiger partial charge in [-0.25, -0.2) is 13.1 Å². The Morgan fingerprint density at radius 1 is 0.900 bits per heavy atom. The number of hydrogen-bond acceptors (Lipinski definition) is 4. The van der Waals surface area contributed by atoms with Gasteiger partial charge in [-0.1, -0.05) is 72.8 Å². The minimum Gasteiger partial charge on any atom is -0.469 e. The van der Waals surface area contributed by atoms with Gasteiger partial charge in [-0.2, -0.15) is 0 Å². The Balaban J connectivity index is 1.58. The first-order chi connectivity index (χ1) is 14.5. The van der Waals surface area contributed by atoms with Crippen molar-refractivity contribution in [2.45, 2.75) is 17.4 Å². The van der Waals surface area contributed by atoms with Gasteiger partial charge in [-0.3, -0.25) is 4.79 Å². The van der Waals surface area contributed by atoms with E-state index in [1.165, 1.54) is 7.11 Å². The number of nitrogens with one attached hydrogen (secondary N) is 1. The lowest BCUT2D eigenvalue weighted by Gasteiger charge is -2.19. The fourth-order valence-corrected chi connectivity index (χ4v) is 5.04. The average molecular weight is 422 g/mol. The highest BCUT2D eigenvalue weighted by atomic mass is 32.2. The van der Waals surface area contributed by atoms with Crippen LogP contribution >= 0.6 is 0 Å². The predicted molar refractivity (Wildman–Crippen MR) is 115 cm³/mol. The number of hydrogen-bond donors (Lipinski definition) is 1. The van der Waals surface area contributed by atoms with Crippen LogP contribution in [0.5, 0.6) is 0 Å². The number of sulfonamides is 1. The third kappa shape index (κ3) is 4.30. The smallest absolute Gasteiger partial charge is 0.309 e. The van der Waals surface area contributed by atoms with E-state index in [0.29, 0.717) is 6.42 Å². The molecule has 0 radical (unpaired) electrons.